The standard InChI is InChI=1S/C25H29F2NO2/c1-16-6-11-21-22(12-16)30-23(18-4-3-5-20(27)14-18)15-25(21,2)28-24(29)13-17-7-9-19(26)10-8-17/h3-5,7-10,14,16,21-23H,6,11-13,15H2,1-2H3,(H,28,29)/t16-,21-,22-,23-,25-/m0/s1. The number of nitrogens with one attached hydrogen (secondary N) is 1. The molecule has 0 radical (unpaired) electrons. The third-order valence-corrected chi connectivity index (χ3v) is 6.74. The second-order valence-electron chi connectivity index (χ2n) is 9.22. The highest BCUT2D eigenvalue weighted by atomic mass is 19.1. The maximum Gasteiger partial charge on any atom is 0.224 e. The second-order valence-corrected chi connectivity index (χ2v) is 9.22. The summed E-state index contributed by atoms with van der Waals surface area (Å²) in [5.41, 5.74) is 1.14. The zero-order valence-corrected chi connectivity index (χ0v) is 17.5. The fraction of sp³-hybridized carbons (Fsp3) is 0.480. The fourth-order valence-corrected chi connectivity index (χ4v) is 5.20. The van der Waals surface area contributed by atoms with Crippen LogP contribution < -0.4 is 5.32 Å². The lowest BCUT2D eigenvalue weighted by Crippen LogP contribution is -2.60. The topological polar surface area (TPSA) is 38.3 Å². The number of amides is 1. The summed E-state index contributed by atoms with van der Waals surface area (Å²) in [6.07, 6.45) is 3.62. The third kappa shape index (κ3) is 4.56. The van der Waals surface area contributed by atoms with Crippen LogP contribution in [-0.2, 0) is 16.0 Å². The number of rotatable bonds is 4. The van der Waals surface area contributed by atoms with Crippen molar-refractivity contribution in [2.24, 2.45) is 11.8 Å². The minimum atomic E-state index is -0.447. The highest BCUT2D eigenvalue weighted by Gasteiger charge is 2.49. The first-order valence-electron chi connectivity index (χ1n) is 10.8. The van der Waals surface area contributed by atoms with Gasteiger partial charge in [-0.1, -0.05) is 37.6 Å². The summed E-state index contributed by atoms with van der Waals surface area (Å²) in [5.74, 6) is 0.110. The van der Waals surface area contributed by atoms with Crippen molar-refractivity contribution in [1.82, 2.24) is 5.32 Å². The van der Waals surface area contributed by atoms with Crippen molar-refractivity contribution in [2.45, 2.75) is 63.7 Å². The van der Waals surface area contributed by atoms with Crippen molar-refractivity contribution in [1.29, 1.82) is 0 Å². The number of carbonyl (C=O) groups is 1. The average molecular weight is 414 g/mol. The molecule has 2 aliphatic rings. The van der Waals surface area contributed by atoms with Gasteiger partial charge in [0.05, 0.1) is 18.6 Å². The van der Waals surface area contributed by atoms with Gasteiger partial charge in [0.25, 0.3) is 0 Å². The molecular weight excluding hydrogens is 384 g/mol. The van der Waals surface area contributed by atoms with Crippen LogP contribution >= 0.6 is 0 Å². The van der Waals surface area contributed by atoms with Gasteiger partial charge in [-0.3, -0.25) is 4.79 Å². The number of ether oxygens (including phenoxy) is 1. The van der Waals surface area contributed by atoms with Gasteiger partial charge in [0, 0.05) is 17.9 Å². The maximum absolute atomic E-state index is 13.8. The summed E-state index contributed by atoms with van der Waals surface area (Å²) in [7, 11) is 0. The van der Waals surface area contributed by atoms with Crippen LogP contribution in [-0.4, -0.2) is 17.6 Å². The molecule has 2 fully saturated rings. The molecule has 30 heavy (non-hydrogen) atoms. The summed E-state index contributed by atoms with van der Waals surface area (Å²) in [6.45, 7) is 4.33. The second kappa shape index (κ2) is 8.46. The lowest BCUT2D eigenvalue weighted by Gasteiger charge is -2.52. The number of benzene rings is 2. The minimum Gasteiger partial charge on any atom is -0.370 e. The molecule has 1 saturated carbocycles. The fourth-order valence-electron chi connectivity index (χ4n) is 5.20. The zero-order chi connectivity index (χ0) is 21.3. The average Bonchev–Trinajstić information content (AvgIpc) is 2.69. The SMILES string of the molecule is C[C@H]1CC[C@H]2[C@H](C1)O[C@H](c1cccc(F)c1)C[C@]2(C)NC(=O)Cc1ccc(F)cc1. The zero-order valence-electron chi connectivity index (χ0n) is 17.5. The van der Waals surface area contributed by atoms with Crippen molar-refractivity contribution >= 4 is 5.91 Å². The van der Waals surface area contributed by atoms with Gasteiger partial charge in [0.15, 0.2) is 0 Å². The molecule has 0 spiro atoms. The van der Waals surface area contributed by atoms with E-state index in [1.807, 2.05) is 6.07 Å². The first kappa shape index (κ1) is 21.0. The summed E-state index contributed by atoms with van der Waals surface area (Å²) in [4.78, 5) is 12.9. The first-order chi connectivity index (χ1) is 14.3. The van der Waals surface area contributed by atoms with E-state index in [0.717, 1.165) is 30.4 Å². The van der Waals surface area contributed by atoms with E-state index in [4.69, 9.17) is 4.74 Å². The highest BCUT2D eigenvalue weighted by Crippen LogP contribution is 2.47. The van der Waals surface area contributed by atoms with Crippen LogP contribution in [0.1, 0.15) is 56.8 Å². The van der Waals surface area contributed by atoms with Crippen molar-refractivity contribution in [3.8, 4) is 0 Å². The van der Waals surface area contributed by atoms with Gasteiger partial charge in [-0.05, 0) is 61.1 Å². The summed E-state index contributed by atoms with van der Waals surface area (Å²) >= 11 is 0. The quantitative estimate of drug-likeness (QED) is 0.734. The van der Waals surface area contributed by atoms with Crippen LogP contribution in [0, 0.1) is 23.5 Å². The number of carbonyl (C=O) groups excluding carboxylic acids is 1. The molecule has 1 saturated heterocycles. The van der Waals surface area contributed by atoms with Gasteiger partial charge in [0.1, 0.15) is 11.6 Å². The van der Waals surface area contributed by atoms with Gasteiger partial charge >= 0.3 is 0 Å². The number of fused-ring (bicyclic) bond motifs is 1. The lowest BCUT2D eigenvalue weighted by molar-refractivity contribution is -0.153. The van der Waals surface area contributed by atoms with Crippen LogP contribution in [0.25, 0.3) is 0 Å². The summed E-state index contributed by atoms with van der Waals surface area (Å²) < 4.78 is 33.5. The van der Waals surface area contributed by atoms with Crippen LogP contribution in [0.15, 0.2) is 48.5 Å². The van der Waals surface area contributed by atoms with Gasteiger partial charge in [0.2, 0.25) is 5.91 Å². The van der Waals surface area contributed by atoms with Crippen molar-refractivity contribution in [2.75, 3.05) is 0 Å². The Labute approximate surface area is 176 Å². The Kier molecular flexibility index (Phi) is 5.92. The molecule has 0 bridgehead atoms. The van der Waals surface area contributed by atoms with Crippen molar-refractivity contribution in [3.63, 3.8) is 0 Å². The molecule has 160 valence electrons. The highest BCUT2D eigenvalue weighted by molar-refractivity contribution is 5.79. The Morgan fingerprint density at radius 2 is 1.90 bits per heavy atom. The summed E-state index contributed by atoms with van der Waals surface area (Å²) in [5, 5.41) is 3.28. The Morgan fingerprint density at radius 1 is 1.13 bits per heavy atom. The van der Waals surface area contributed by atoms with Gasteiger partial charge in [-0.2, -0.15) is 0 Å². The number of hydrogen-bond donors (Lipinski definition) is 1. The molecule has 2 aromatic carbocycles. The van der Waals surface area contributed by atoms with E-state index in [0.29, 0.717) is 12.3 Å². The van der Waals surface area contributed by atoms with Crippen LogP contribution in [0.2, 0.25) is 0 Å². The van der Waals surface area contributed by atoms with Crippen molar-refractivity contribution < 1.29 is 18.3 Å². The molecule has 3 nitrogen and oxygen atoms in total. The predicted octanol–water partition coefficient (Wildman–Crippen LogP) is 5.35. The van der Waals surface area contributed by atoms with Crippen LogP contribution in [0.5, 0.6) is 0 Å². The molecule has 4 rings (SSSR count). The summed E-state index contributed by atoms with van der Waals surface area (Å²) in [6, 6.07) is 12.6. The number of halogens is 2. The largest absolute Gasteiger partial charge is 0.370 e. The molecule has 0 aromatic heterocycles. The van der Waals surface area contributed by atoms with Crippen molar-refractivity contribution in [3.05, 3.63) is 71.3 Å². The molecule has 5 heteroatoms. The van der Waals surface area contributed by atoms with E-state index < -0.39 is 5.54 Å². The maximum atomic E-state index is 13.8. The van der Waals surface area contributed by atoms with Crippen LogP contribution in [0.3, 0.4) is 0 Å². The minimum absolute atomic E-state index is 0.0342. The Balaban J connectivity index is 1.55. The Morgan fingerprint density at radius 3 is 2.63 bits per heavy atom. The first-order valence-corrected chi connectivity index (χ1v) is 10.8. The normalized spacial score (nSPS) is 31.1. The van der Waals surface area contributed by atoms with E-state index in [9.17, 15) is 13.6 Å². The smallest absolute Gasteiger partial charge is 0.224 e. The monoisotopic (exact) mass is 413 g/mol. The molecule has 5 atom stereocenters. The van der Waals surface area contributed by atoms with Gasteiger partial charge in [-0.25, -0.2) is 8.78 Å². The van der Waals surface area contributed by atoms with E-state index in [1.165, 1.54) is 24.3 Å². The van der Waals surface area contributed by atoms with Gasteiger partial charge < -0.3 is 10.1 Å². The molecular formula is C25H29F2NO2. The molecule has 1 aliphatic carbocycles. The third-order valence-electron chi connectivity index (χ3n) is 6.74. The van der Waals surface area contributed by atoms with Crippen LogP contribution in [0.4, 0.5) is 8.78 Å². The molecule has 2 aromatic rings. The molecule has 0 unspecified atom stereocenters. The lowest BCUT2D eigenvalue weighted by atomic mass is 9.66. The molecule has 1 N–H and O–H groups in total. The number of hydrogen-bond acceptors (Lipinski definition) is 2. The van der Waals surface area contributed by atoms with E-state index >= 15 is 0 Å². The molecule has 1 aliphatic heterocycles. The Bertz CT molecular complexity index is 900. The van der Waals surface area contributed by atoms with Gasteiger partial charge in [-0.15, -0.1) is 0 Å². The predicted molar refractivity (Wildman–Crippen MR) is 112 cm³/mol. The molecule has 1 amide bonds. The van der Waals surface area contributed by atoms with E-state index in [1.54, 1.807) is 18.2 Å². The molecule has 1 heterocycles. The van der Waals surface area contributed by atoms with E-state index in [-0.39, 0.29) is 42.1 Å². The van der Waals surface area contributed by atoms with E-state index in [2.05, 4.69) is 19.2 Å². The Hall–Kier alpha value is -2.27.